The van der Waals surface area contributed by atoms with Gasteiger partial charge < -0.3 is 5.32 Å². The maximum atomic E-state index is 13.9. The largest absolute Gasteiger partial charge is 0.309 e. The van der Waals surface area contributed by atoms with Gasteiger partial charge >= 0.3 is 0 Å². The normalized spacial score (nSPS) is 13.6. The zero-order valence-electron chi connectivity index (χ0n) is 10.0. The molecule has 1 N–H and O–H groups in total. The molecule has 1 aromatic carbocycles. The molecular weight excluding hydrogens is 328 g/mol. The van der Waals surface area contributed by atoms with Crippen LogP contribution in [0, 0.1) is 11.6 Å². The monoisotopic (exact) mass is 341 g/mol. The van der Waals surface area contributed by atoms with Crippen molar-refractivity contribution in [2.24, 2.45) is 0 Å². The van der Waals surface area contributed by atoms with Crippen LogP contribution < -0.4 is 5.32 Å². The predicted octanol–water partition coefficient (Wildman–Crippen LogP) is 2.42. The van der Waals surface area contributed by atoms with E-state index in [1.165, 1.54) is 6.07 Å². The lowest BCUT2D eigenvalue weighted by molar-refractivity contribution is 0.490. The highest BCUT2D eigenvalue weighted by Crippen LogP contribution is 2.27. The zero-order valence-corrected chi connectivity index (χ0v) is 12.4. The molecule has 0 aliphatic heterocycles. The van der Waals surface area contributed by atoms with Gasteiger partial charge in [0.25, 0.3) is 0 Å². The van der Waals surface area contributed by atoms with Crippen LogP contribution in [0.2, 0.25) is 0 Å². The summed E-state index contributed by atoms with van der Waals surface area (Å²) in [6, 6.07) is 1.45. The van der Waals surface area contributed by atoms with Gasteiger partial charge in [-0.1, -0.05) is 6.92 Å². The van der Waals surface area contributed by atoms with Crippen LogP contribution in [0.5, 0.6) is 0 Å². The smallest absolute Gasteiger partial charge is 0.149 e. The minimum absolute atomic E-state index is 0.107. The quantitative estimate of drug-likeness (QED) is 0.836. The lowest BCUT2D eigenvalue weighted by atomic mass is 10.1. The van der Waals surface area contributed by atoms with Crippen LogP contribution in [0.3, 0.4) is 0 Å². The molecule has 0 heterocycles. The Morgan fingerprint density at radius 3 is 2.50 bits per heavy atom. The highest BCUT2D eigenvalue weighted by Gasteiger charge is 2.24. The molecule has 7 heteroatoms. The molecule has 0 fully saturated rings. The van der Waals surface area contributed by atoms with Crippen molar-refractivity contribution in [1.29, 1.82) is 0 Å². The summed E-state index contributed by atoms with van der Waals surface area (Å²) < 4.78 is 50.3. The Labute approximate surface area is 114 Å². The number of halogens is 3. The van der Waals surface area contributed by atoms with Crippen molar-refractivity contribution < 1.29 is 17.2 Å². The Balaban J connectivity index is 3.25. The summed E-state index contributed by atoms with van der Waals surface area (Å²) in [7, 11) is -3.35. The third kappa shape index (κ3) is 4.00. The van der Waals surface area contributed by atoms with Crippen LogP contribution in [-0.2, 0) is 9.84 Å². The van der Waals surface area contributed by atoms with E-state index in [2.05, 4.69) is 21.2 Å². The van der Waals surface area contributed by atoms with Crippen molar-refractivity contribution in [2.75, 3.05) is 18.6 Å². The van der Waals surface area contributed by atoms with Crippen molar-refractivity contribution >= 4 is 25.8 Å². The van der Waals surface area contributed by atoms with Gasteiger partial charge in [0.2, 0.25) is 0 Å². The van der Waals surface area contributed by atoms with Gasteiger partial charge in [-0.05, 0) is 34.6 Å². The molecule has 3 nitrogen and oxygen atoms in total. The molecule has 102 valence electrons. The van der Waals surface area contributed by atoms with E-state index in [4.69, 9.17) is 0 Å². The molecule has 0 aromatic heterocycles. The Bertz CT molecular complexity index is 534. The number of nitrogens with one attached hydrogen (secondary N) is 1. The molecule has 1 atom stereocenters. The first-order valence-electron chi connectivity index (χ1n) is 5.30. The molecule has 0 spiro atoms. The first-order chi connectivity index (χ1) is 8.26. The molecule has 0 aliphatic rings. The summed E-state index contributed by atoms with van der Waals surface area (Å²) in [5.41, 5.74) is -0.253. The van der Waals surface area contributed by atoms with Gasteiger partial charge in [0, 0.05) is 11.8 Å². The molecule has 0 amide bonds. The SMILES string of the molecule is CCNC(CS(C)(=O)=O)c1c(F)ccc(Br)c1F. The predicted molar refractivity (Wildman–Crippen MR) is 70.2 cm³/mol. The summed E-state index contributed by atoms with van der Waals surface area (Å²) in [5.74, 6) is -1.89. The van der Waals surface area contributed by atoms with E-state index in [0.717, 1.165) is 12.3 Å². The molecule has 18 heavy (non-hydrogen) atoms. The van der Waals surface area contributed by atoms with Gasteiger partial charge in [-0.25, -0.2) is 17.2 Å². The molecule has 0 saturated carbocycles. The molecule has 0 aliphatic carbocycles. The number of hydrogen-bond donors (Lipinski definition) is 1. The molecule has 1 rings (SSSR count). The van der Waals surface area contributed by atoms with Crippen LogP contribution in [0.1, 0.15) is 18.5 Å². The molecule has 0 radical (unpaired) electrons. The first-order valence-corrected chi connectivity index (χ1v) is 8.16. The summed E-state index contributed by atoms with van der Waals surface area (Å²) >= 11 is 2.96. The molecular formula is C11H14BrF2NO2S. The lowest BCUT2D eigenvalue weighted by Crippen LogP contribution is -2.29. The van der Waals surface area contributed by atoms with Crippen molar-refractivity contribution in [3.8, 4) is 0 Å². The fourth-order valence-electron chi connectivity index (χ4n) is 1.66. The van der Waals surface area contributed by atoms with Gasteiger partial charge in [-0.2, -0.15) is 0 Å². The van der Waals surface area contributed by atoms with Gasteiger partial charge in [0.1, 0.15) is 21.5 Å². The van der Waals surface area contributed by atoms with Gasteiger partial charge in [-0.15, -0.1) is 0 Å². The number of benzene rings is 1. The second-order valence-corrected chi connectivity index (χ2v) is 7.00. The van der Waals surface area contributed by atoms with Gasteiger partial charge in [0.15, 0.2) is 0 Å². The average Bonchev–Trinajstić information content (AvgIpc) is 2.22. The van der Waals surface area contributed by atoms with Gasteiger partial charge in [0.05, 0.1) is 16.3 Å². The Hall–Kier alpha value is -0.530. The minimum Gasteiger partial charge on any atom is -0.309 e. The van der Waals surface area contributed by atoms with Crippen LogP contribution in [0.4, 0.5) is 8.78 Å². The Morgan fingerprint density at radius 1 is 1.39 bits per heavy atom. The van der Waals surface area contributed by atoms with Crippen LogP contribution in [0.15, 0.2) is 16.6 Å². The van der Waals surface area contributed by atoms with E-state index in [1.807, 2.05) is 0 Å². The van der Waals surface area contributed by atoms with E-state index in [0.29, 0.717) is 6.54 Å². The molecule has 1 unspecified atom stereocenters. The molecule has 1 aromatic rings. The fourth-order valence-corrected chi connectivity index (χ4v) is 2.89. The number of sulfone groups is 1. The highest BCUT2D eigenvalue weighted by atomic mass is 79.9. The number of hydrogen-bond acceptors (Lipinski definition) is 3. The van der Waals surface area contributed by atoms with E-state index in [1.54, 1.807) is 6.92 Å². The average molecular weight is 342 g/mol. The zero-order chi connectivity index (χ0) is 13.9. The third-order valence-corrected chi connectivity index (χ3v) is 3.90. The standard InChI is InChI=1S/C11H14BrF2NO2S/c1-3-15-9(6-18(2,16)17)10-8(13)5-4-7(12)11(10)14/h4-5,9,15H,3,6H2,1-2H3. The summed E-state index contributed by atoms with van der Waals surface area (Å²) in [4.78, 5) is 0. The summed E-state index contributed by atoms with van der Waals surface area (Å²) in [5, 5.41) is 2.78. The fraction of sp³-hybridized carbons (Fsp3) is 0.455. The minimum atomic E-state index is -3.35. The topological polar surface area (TPSA) is 46.2 Å². The van der Waals surface area contributed by atoms with Crippen LogP contribution in [0.25, 0.3) is 0 Å². The van der Waals surface area contributed by atoms with Crippen molar-refractivity contribution in [1.82, 2.24) is 5.32 Å². The van der Waals surface area contributed by atoms with E-state index < -0.39 is 27.5 Å². The van der Waals surface area contributed by atoms with Crippen LogP contribution in [-0.4, -0.2) is 27.0 Å². The summed E-state index contributed by atoms with van der Waals surface area (Å²) in [6.07, 6.45) is 1.03. The van der Waals surface area contributed by atoms with Crippen molar-refractivity contribution in [3.63, 3.8) is 0 Å². The second-order valence-electron chi connectivity index (χ2n) is 3.96. The Morgan fingerprint density at radius 2 is 2.00 bits per heavy atom. The van der Waals surface area contributed by atoms with Gasteiger partial charge in [-0.3, -0.25) is 0 Å². The maximum absolute atomic E-state index is 13.9. The number of rotatable bonds is 5. The van der Waals surface area contributed by atoms with Crippen molar-refractivity contribution in [3.05, 3.63) is 33.8 Å². The summed E-state index contributed by atoms with van der Waals surface area (Å²) in [6.45, 7) is 2.15. The maximum Gasteiger partial charge on any atom is 0.149 e. The Kier molecular flexibility index (Phi) is 5.24. The highest BCUT2D eigenvalue weighted by molar-refractivity contribution is 9.10. The second kappa shape index (κ2) is 6.08. The third-order valence-electron chi connectivity index (χ3n) is 2.35. The van der Waals surface area contributed by atoms with E-state index >= 15 is 0 Å². The van der Waals surface area contributed by atoms with Crippen LogP contribution >= 0.6 is 15.9 Å². The van der Waals surface area contributed by atoms with E-state index in [-0.39, 0.29) is 15.8 Å². The molecule has 0 bridgehead atoms. The van der Waals surface area contributed by atoms with Crippen molar-refractivity contribution in [2.45, 2.75) is 13.0 Å². The van der Waals surface area contributed by atoms with E-state index in [9.17, 15) is 17.2 Å². The molecule has 0 saturated heterocycles. The lowest BCUT2D eigenvalue weighted by Gasteiger charge is -2.19. The first kappa shape index (κ1) is 15.5.